The number of carbonyl (C=O) groups is 1. The second kappa shape index (κ2) is 8.65. The fraction of sp³-hybridized carbons (Fsp3) is 0.333. The van der Waals surface area contributed by atoms with Gasteiger partial charge in [-0.3, -0.25) is 4.79 Å². The number of benzene rings is 1. The lowest BCUT2D eigenvalue weighted by Crippen LogP contribution is -2.41. The van der Waals surface area contributed by atoms with Crippen molar-refractivity contribution in [3.05, 3.63) is 46.7 Å². The third-order valence-corrected chi connectivity index (χ3v) is 7.17. The number of carbonyl (C=O) groups excluding carboxylic acids is 1. The molecule has 1 fully saturated rings. The minimum atomic E-state index is -3.75. The molecule has 0 unspecified atom stereocenters. The highest BCUT2D eigenvalue weighted by molar-refractivity contribution is 7.89. The predicted octanol–water partition coefficient (Wildman–Crippen LogP) is 3.44. The Bertz CT molecular complexity index is 977. The Labute approximate surface area is 173 Å². The number of ether oxygens (including phenoxy) is 1. The maximum atomic E-state index is 12.8. The largest absolute Gasteiger partial charge is 0.495 e. The topological polar surface area (TPSA) is 88.6 Å². The van der Waals surface area contributed by atoms with E-state index >= 15 is 0 Å². The van der Waals surface area contributed by atoms with Crippen molar-refractivity contribution in [2.24, 2.45) is 5.92 Å². The Balaban J connectivity index is 1.66. The minimum Gasteiger partial charge on any atom is -0.495 e. The number of rotatable bonds is 5. The average molecular weight is 444 g/mol. The molecular weight excluding hydrogens is 425 g/mol. The van der Waals surface area contributed by atoms with E-state index in [2.05, 4.69) is 10.3 Å². The van der Waals surface area contributed by atoms with E-state index in [1.54, 1.807) is 18.2 Å². The lowest BCUT2D eigenvalue weighted by Gasteiger charge is -2.30. The van der Waals surface area contributed by atoms with Crippen molar-refractivity contribution >= 4 is 44.8 Å². The number of hydrogen-bond acceptors (Lipinski definition) is 5. The van der Waals surface area contributed by atoms with Crippen LogP contribution in [0, 0.1) is 5.92 Å². The Morgan fingerprint density at radius 1 is 1.25 bits per heavy atom. The lowest BCUT2D eigenvalue weighted by molar-refractivity contribution is -0.120. The van der Waals surface area contributed by atoms with E-state index in [9.17, 15) is 13.2 Å². The highest BCUT2D eigenvalue weighted by Crippen LogP contribution is 2.30. The molecule has 1 N–H and O–H groups in total. The van der Waals surface area contributed by atoms with Gasteiger partial charge in [0.1, 0.15) is 15.8 Å². The van der Waals surface area contributed by atoms with Gasteiger partial charge < -0.3 is 10.1 Å². The third kappa shape index (κ3) is 4.41. The summed E-state index contributed by atoms with van der Waals surface area (Å²) >= 11 is 11.9. The number of amides is 1. The zero-order valence-corrected chi connectivity index (χ0v) is 17.4. The summed E-state index contributed by atoms with van der Waals surface area (Å²) in [5.74, 6) is -0.0134. The number of nitrogens with one attached hydrogen (secondary N) is 1. The van der Waals surface area contributed by atoms with Gasteiger partial charge in [0.2, 0.25) is 15.9 Å². The molecule has 150 valence electrons. The standard InChI is InChI=1S/C18H19Cl2N3O4S/c1-27-15-5-4-13(19)11-14(15)22-18(24)12-6-9-23(10-7-12)28(25,26)16-3-2-8-21-17(16)20/h2-5,8,11-12H,6-7,9-10H2,1H3,(H,22,24). The molecule has 1 aromatic carbocycles. The predicted molar refractivity (Wildman–Crippen MR) is 107 cm³/mol. The molecule has 28 heavy (non-hydrogen) atoms. The molecule has 7 nitrogen and oxygen atoms in total. The van der Waals surface area contributed by atoms with Gasteiger partial charge in [0, 0.05) is 30.2 Å². The zero-order valence-electron chi connectivity index (χ0n) is 15.1. The number of sulfonamides is 1. The van der Waals surface area contributed by atoms with Crippen molar-refractivity contribution in [1.82, 2.24) is 9.29 Å². The van der Waals surface area contributed by atoms with Crippen LogP contribution in [0.3, 0.4) is 0 Å². The average Bonchev–Trinajstić information content (AvgIpc) is 2.68. The molecule has 1 aliphatic heterocycles. The van der Waals surface area contributed by atoms with Crippen LogP contribution in [-0.2, 0) is 14.8 Å². The van der Waals surface area contributed by atoms with Crippen LogP contribution in [0.2, 0.25) is 10.2 Å². The second-order valence-corrected chi connectivity index (χ2v) is 9.01. The first-order chi connectivity index (χ1) is 13.3. The smallest absolute Gasteiger partial charge is 0.246 e. The number of nitrogens with zero attached hydrogens (tertiary/aromatic N) is 2. The Kier molecular flexibility index (Phi) is 6.44. The Morgan fingerprint density at radius 3 is 2.61 bits per heavy atom. The van der Waals surface area contributed by atoms with Crippen LogP contribution in [-0.4, -0.2) is 43.8 Å². The summed E-state index contributed by atoms with van der Waals surface area (Å²) in [6, 6.07) is 7.90. The van der Waals surface area contributed by atoms with Crippen molar-refractivity contribution in [3.8, 4) is 5.75 Å². The van der Waals surface area contributed by atoms with Crippen molar-refractivity contribution < 1.29 is 17.9 Å². The Morgan fingerprint density at radius 2 is 1.96 bits per heavy atom. The van der Waals surface area contributed by atoms with Gasteiger partial charge in [-0.2, -0.15) is 4.31 Å². The van der Waals surface area contributed by atoms with Gasteiger partial charge in [-0.25, -0.2) is 13.4 Å². The first-order valence-electron chi connectivity index (χ1n) is 8.58. The van der Waals surface area contributed by atoms with E-state index in [4.69, 9.17) is 27.9 Å². The summed E-state index contributed by atoms with van der Waals surface area (Å²) in [5, 5.41) is 3.24. The molecule has 0 saturated carbocycles. The van der Waals surface area contributed by atoms with Crippen LogP contribution in [0.15, 0.2) is 41.4 Å². The fourth-order valence-electron chi connectivity index (χ4n) is 3.07. The molecule has 1 aliphatic rings. The van der Waals surface area contributed by atoms with Crippen LogP contribution < -0.4 is 10.1 Å². The first-order valence-corrected chi connectivity index (χ1v) is 10.8. The van der Waals surface area contributed by atoms with Crippen molar-refractivity contribution in [1.29, 1.82) is 0 Å². The molecule has 2 aromatic rings. The van der Waals surface area contributed by atoms with Crippen LogP contribution in [0.25, 0.3) is 0 Å². The summed E-state index contributed by atoms with van der Waals surface area (Å²) in [6.07, 6.45) is 2.22. The second-order valence-electron chi connectivity index (χ2n) is 6.30. The van der Waals surface area contributed by atoms with Gasteiger partial charge >= 0.3 is 0 Å². The summed E-state index contributed by atoms with van der Waals surface area (Å²) < 4.78 is 32.1. The molecule has 0 radical (unpaired) electrons. The van der Waals surface area contributed by atoms with E-state index in [1.807, 2.05) is 0 Å². The minimum absolute atomic E-state index is 0.0248. The molecule has 0 bridgehead atoms. The summed E-state index contributed by atoms with van der Waals surface area (Å²) in [5.41, 5.74) is 0.484. The van der Waals surface area contributed by atoms with Gasteiger partial charge in [-0.15, -0.1) is 0 Å². The van der Waals surface area contributed by atoms with Gasteiger partial charge in [0.15, 0.2) is 0 Å². The van der Waals surface area contributed by atoms with Gasteiger partial charge in [0.05, 0.1) is 12.8 Å². The summed E-state index contributed by atoms with van der Waals surface area (Å²) in [7, 11) is -2.24. The lowest BCUT2D eigenvalue weighted by atomic mass is 9.97. The molecule has 1 amide bonds. The molecule has 0 aliphatic carbocycles. The number of anilines is 1. The number of hydrogen-bond donors (Lipinski definition) is 1. The number of methoxy groups -OCH3 is 1. The van der Waals surface area contributed by atoms with E-state index in [-0.39, 0.29) is 35.0 Å². The van der Waals surface area contributed by atoms with Crippen LogP contribution >= 0.6 is 23.2 Å². The van der Waals surface area contributed by atoms with E-state index in [0.717, 1.165) is 0 Å². The van der Waals surface area contributed by atoms with Gasteiger partial charge in [-0.05, 0) is 43.2 Å². The molecule has 3 rings (SSSR count). The quantitative estimate of drug-likeness (QED) is 0.714. The molecular formula is C18H19Cl2N3O4S. The molecule has 0 atom stereocenters. The number of piperidine rings is 1. The number of pyridine rings is 1. The number of halogens is 2. The van der Waals surface area contributed by atoms with Gasteiger partial charge in [-0.1, -0.05) is 23.2 Å². The highest BCUT2D eigenvalue weighted by Gasteiger charge is 2.33. The maximum absolute atomic E-state index is 12.8. The zero-order chi connectivity index (χ0) is 20.3. The van der Waals surface area contributed by atoms with Crippen molar-refractivity contribution in [3.63, 3.8) is 0 Å². The third-order valence-electron chi connectivity index (χ3n) is 4.59. The highest BCUT2D eigenvalue weighted by atomic mass is 35.5. The normalized spacial score (nSPS) is 16.0. The Hall–Kier alpha value is -1.87. The SMILES string of the molecule is COc1ccc(Cl)cc1NC(=O)C1CCN(S(=O)(=O)c2cccnc2Cl)CC1. The monoisotopic (exact) mass is 443 g/mol. The molecule has 2 heterocycles. The van der Waals surface area contributed by atoms with E-state index in [0.29, 0.717) is 29.3 Å². The number of aromatic nitrogens is 1. The van der Waals surface area contributed by atoms with Crippen LogP contribution in [0.4, 0.5) is 5.69 Å². The van der Waals surface area contributed by atoms with E-state index in [1.165, 1.54) is 29.7 Å². The van der Waals surface area contributed by atoms with Crippen LogP contribution in [0.5, 0.6) is 5.75 Å². The fourth-order valence-corrected chi connectivity index (χ4v) is 5.14. The molecule has 10 heteroatoms. The summed E-state index contributed by atoms with van der Waals surface area (Å²) in [6.45, 7) is 0.441. The maximum Gasteiger partial charge on any atom is 0.246 e. The van der Waals surface area contributed by atoms with Crippen molar-refractivity contribution in [2.75, 3.05) is 25.5 Å². The van der Waals surface area contributed by atoms with Gasteiger partial charge in [0.25, 0.3) is 0 Å². The van der Waals surface area contributed by atoms with Crippen molar-refractivity contribution in [2.45, 2.75) is 17.7 Å². The molecule has 0 spiro atoms. The molecule has 1 aromatic heterocycles. The molecule has 1 saturated heterocycles. The van der Waals surface area contributed by atoms with E-state index < -0.39 is 10.0 Å². The summed E-state index contributed by atoms with van der Waals surface area (Å²) in [4.78, 5) is 16.4. The first kappa shape index (κ1) is 20.9. The van der Waals surface area contributed by atoms with Crippen LogP contribution in [0.1, 0.15) is 12.8 Å².